The van der Waals surface area contributed by atoms with E-state index < -0.39 is 6.10 Å². The van der Waals surface area contributed by atoms with Gasteiger partial charge in [0.25, 0.3) is 0 Å². The topological polar surface area (TPSA) is 86.9 Å². The Morgan fingerprint density at radius 2 is 1.81 bits per heavy atom. The first kappa shape index (κ1) is 20.2. The molecule has 0 bridgehead atoms. The molecule has 0 radical (unpaired) electrons. The maximum absolute atomic E-state index is 12.7. The molecule has 6 atom stereocenters. The summed E-state index contributed by atoms with van der Waals surface area (Å²) < 4.78 is 0. The van der Waals surface area contributed by atoms with Gasteiger partial charge in [0, 0.05) is 38.5 Å². The van der Waals surface area contributed by atoms with Crippen molar-refractivity contribution in [3.63, 3.8) is 0 Å². The fourth-order valence-electron chi connectivity index (χ4n) is 4.69. The van der Waals surface area contributed by atoms with E-state index in [0.29, 0.717) is 38.8 Å². The van der Waals surface area contributed by atoms with Crippen molar-refractivity contribution in [3.8, 4) is 0 Å². The van der Waals surface area contributed by atoms with Gasteiger partial charge < -0.3 is 20.6 Å². The third kappa shape index (κ3) is 3.98. The third-order valence-electron chi connectivity index (χ3n) is 6.52. The zero-order valence-corrected chi connectivity index (χ0v) is 16.7. The molecule has 1 saturated carbocycles. The minimum absolute atomic E-state index is 0.0415. The number of aliphatic hydroxyl groups excluding tert-OH is 1. The van der Waals surface area contributed by atoms with Crippen molar-refractivity contribution in [2.75, 3.05) is 20.1 Å². The van der Waals surface area contributed by atoms with Crippen molar-refractivity contribution in [3.05, 3.63) is 0 Å². The quantitative estimate of drug-likeness (QED) is 0.689. The predicted octanol–water partition coefficient (Wildman–Crippen LogP) is 1.16. The first-order valence-corrected chi connectivity index (χ1v) is 10.4. The molecular formula is C18H29Cl2N3O3. The van der Waals surface area contributed by atoms with Gasteiger partial charge >= 0.3 is 0 Å². The van der Waals surface area contributed by atoms with E-state index in [-0.39, 0.29) is 46.5 Å². The lowest BCUT2D eigenvalue weighted by Crippen LogP contribution is -2.53. The highest BCUT2D eigenvalue weighted by atomic mass is 35.5. The molecule has 148 valence electrons. The molecule has 2 heterocycles. The molecule has 2 saturated heterocycles. The van der Waals surface area contributed by atoms with Gasteiger partial charge in [0.2, 0.25) is 11.8 Å². The number of piperidine rings is 1. The summed E-state index contributed by atoms with van der Waals surface area (Å²) in [6, 6.07) is -0.450. The van der Waals surface area contributed by atoms with Gasteiger partial charge in [-0.3, -0.25) is 9.59 Å². The largest absolute Gasteiger partial charge is 0.393 e. The van der Waals surface area contributed by atoms with Crippen LogP contribution in [0.4, 0.5) is 0 Å². The average Bonchev–Trinajstić information content (AvgIpc) is 2.96. The van der Waals surface area contributed by atoms with Crippen LogP contribution in [0.2, 0.25) is 0 Å². The van der Waals surface area contributed by atoms with Gasteiger partial charge in [-0.1, -0.05) is 0 Å². The van der Waals surface area contributed by atoms with Crippen LogP contribution in [0.5, 0.6) is 0 Å². The SMILES string of the molecule is CN1C(=O)CC[C@H]1C(=O)N1CCC([C@@H](N)C2CC(Cl)C(Cl)CC2O)CC1. The Morgan fingerprint density at radius 1 is 1.19 bits per heavy atom. The van der Waals surface area contributed by atoms with Crippen LogP contribution in [0.3, 0.4) is 0 Å². The molecular weight excluding hydrogens is 377 g/mol. The van der Waals surface area contributed by atoms with Crippen LogP contribution < -0.4 is 5.73 Å². The van der Waals surface area contributed by atoms with Gasteiger partial charge in [-0.05, 0) is 38.0 Å². The Labute approximate surface area is 165 Å². The smallest absolute Gasteiger partial charge is 0.245 e. The second-order valence-corrected chi connectivity index (χ2v) is 9.15. The van der Waals surface area contributed by atoms with Crippen LogP contribution in [0.25, 0.3) is 0 Å². The molecule has 3 N–H and O–H groups in total. The first-order valence-electron chi connectivity index (χ1n) is 9.55. The number of nitrogens with zero attached hydrogens (tertiary/aromatic N) is 2. The maximum Gasteiger partial charge on any atom is 0.245 e. The summed E-state index contributed by atoms with van der Waals surface area (Å²) in [5.74, 6) is 0.310. The molecule has 0 spiro atoms. The van der Waals surface area contributed by atoms with Gasteiger partial charge in [0.1, 0.15) is 6.04 Å². The highest BCUT2D eigenvalue weighted by molar-refractivity contribution is 6.30. The number of hydrogen-bond acceptors (Lipinski definition) is 4. The number of likely N-dealkylation sites (tertiary alicyclic amines) is 2. The summed E-state index contributed by atoms with van der Waals surface area (Å²) in [6.07, 6.45) is 3.29. The first-order chi connectivity index (χ1) is 12.3. The lowest BCUT2D eigenvalue weighted by atomic mass is 9.74. The molecule has 3 rings (SSSR count). The summed E-state index contributed by atoms with van der Waals surface area (Å²) in [5, 5.41) is 10.0. The van der Waals surface area contributed by atoms with Crippen molar-refractivity contribution in [2.45, 2.75) is 67.5 Å². The van der Waals surface area contributed by atoms with E-state index in [1.54, 1.807) is 11.9 Å². The fourth-order valence-corrected chi connectivity index (χ4v) is 5.28. The molecule has 26 heavy (non-hydrogen) atoms. The van der Waals surface area contributed by atoms with Crippen LogP contribution in [-0.2, 0) is 9.59 Å². The maximum atomic E-state index is 12.7. The Balaban J connectivity index is 1.53. The molecule has 6 nitrogen and oxygen atoms in total. The van der Waals surface area contributed by atoms with Gasteiger partial charge in [-0.15, -0.1) is 23.2 Å². The minimum Gasteiger partial charge on any atom is -0.393 e. The van der Waals surface area contributed by atoms with Gasteiger partial charge in [0.15, 0.2) is 0 Å². The Hall–Kier alpha value is -0.560. The number of carbonyl (C=O) groups excluding carboxylic acids is 2. The molecule has 3 aliphatic rings. The second kappa shape index (κ2) is 8.21. The number of rotatable bonds is 3. The molecule has 4 unspecified atom stereocenters. The van der Waals surface area contributed by atoms with E-state index in [9.17, 15) is 14.7 Å². The number of nitrogens with two attached hydrogens (primary N) is 1. The highest BCUT2D eigenvalue weighted by Gasteiger charge is 2.42. The number of amides is 2. The fraction of sp³-hybridized carbons (Fsp3) is 0.889. The van der Waals surface area contributed by atoms with Crippen LogP contribution in [0.1, 0.15) is 38.5 Å². The van der Waals surface area contributed by atoms with E-state index in [0.717, 1.165) is 12.8 Å². The van der Waals surface area contributed by atoms with Crippen LogP contribution >= 0.6 is 23.2 Å². The number of alkyl halides is 2. The van der Waals surface area contributed by atoms with E-state index >= 15 is 0 Å². The monoisotopic (exact) mass is 405 g/mol. The second-order valence-electron chi connectivity index (χ2n) is 8.03. The lowest BCUT2D eigenvalue weighted by Gasteiger charge is -2.43. The summed E-state index contributed by atoms with van der Waals surface area (Å²) in [4.78, 5) is 27.8. The summed E-state index contributed by atoms with van der Waals surface area (Å²) in [6.45, 7) is 1.31. The molecule has 3 fully saturated rings. The van der Waals surface area contributed by atoms with Crippen molar-refractivity contribution < 1.29 is 14.7 Å². The van der Waals surface area contributed by atoms with E-state index in [1.165, 1.54) is 0 Å². The number of halogens is 2. The minimum atomic E-state index is -0.514. The zero-order chi connectivity index (χ0) is 19.0. The molecule has 2 amide bonds. The third-order valence-corrected chi connectivity index (χ3v) is 7.61. The van der Waals surface area contributed by atoms with Crippen molar-refractivity contribution in [2.24, 2.45) is 17.6 Å². The average molecular weight is 406 g/mol. The van der Waals surface area contributed by atoms with Crippen LogP contribution in [-0.4, -0.2) is 75.8 Å². The molecule has 0 aromatic rings. The van der Waals surface area contributed by atoms with Gasteiger partial charge in [-0.2, -0.15) is 0 Å². The predicted molar refractivity (Wildman–Crippen MR) is 101 cm³/mol. The van der Waals surface area contributed by atoms with Crippen molar-refractivity contribution in [1.29, 1.82) is 0 Å². The van der Waals surface area contributed by atoms with Crippen molar-refractivity contribution >= 4 is 35.0 Å². The molecule has 0 aromatic carbocycles. The Kier molecular flexibility index (Phi) is 6.37. The van der Waals surface area contributed by atoms with Crippen LogP contribution in [0.15, 0.2) is 0 Å². The Bertz CT molecular complexity index is 542. The normalized spacial score (nSPS) is 37.9. The van der Waals surface area contributed by atoms with Crippen molar-refractivity contribution in [1.82, 2.24) is 9.80 Å². The summed E-state index contributed by atoms with van der Waals surface area (Å²) >= 11 is 12.4. The number of carbonyl (C=O) groups is 2. The molecule has 8 heteroatoms. The van der Waals surface area contributed by atoms with E-state index in [1.807, 2.05) is 4.90 Å². The van der Waals surface area contributed by atoms with E-state index in [4.69, 9.17) is 28.9 Å². The summed E-state index contributed by atoms with van der Waals surface area (Å²) in [7, 11) is 1.71. The number of aliphatic hydroxyl groups is 1. The van der Waals surface area contributed by atoms with Crippen LogP contribution in [0, 0.1) is 11.8 Å². The molecule has 0 aromatic heterocycles. The Morgan fingerprint density at radius 3 is 2.38 bits per heavy atom. The zero-order valence-electron chi connectivity index (χ0n) is 15.2. The lowest BCUT2D eigenvalue weighted by molar-refractivity contribution is -0.141. The molecule has 1 aliphatic carbocycles. The highest BCUT2D eigenvalue weighted by Crippen LogP contribution is 2.37. The number of likely N-dealkylation sites (N-methyl/N-ethyl adjacent to an activating group) is 1. The summed E-state index contributed by atoms with van der Waals surface area (Å²) in [5.41, 5.74) is 6.49. The van der Waals surface area contributed by atoms with Gasteiger partial charge in [0.05, 0.1) is 16.9 Å². The molecule has 2 aliphatic heterocycles. The standard InChI is InChI=1S/C18H29Cl2N3O3/c1-22-14(2-3-16(22)25)18(26)23-6-4-10(5-7-23)17(21)11-8-12(19)13(20)9-15(11)24/h10-15,17,24H,2-9,21H2,1H3/t11?,12?,13?,14-,15?,17+/m0/s1. The van der Waals surface area contributed by atoms with E-state index in [2.05, 4.69) is 0 Å². The number of hydrogen-bond donors (Lipinski definition) is 2. The van der Waals surface area contributed by atoms with Gasteiger partial charge in [-0.25, -0.2) is 0 Å².